The van der Waals surface area contributed by atoms with Crippen molar-refractivity contribution in [2.75, 3.05) is 0 Å². The van der Waals surface area contributed by atoms with Crippen molar-refractivity contribution in [3.05, 3.63) is 71.5 Å². The van der Waals surface area contributed by atoms with E-state index < -0.39 is 15.8 Å². The van der Waals surface area contributed by atoms with Gasteiger partial charge in [-0.1, -0.05) is 48.5 Å². The summed E-state index contributed by atoms with van der Waals surface area (Å²) in [5.41, 5.74) is 0.871. The zero-order chi connectivity index (χ0) is 14.4. The first kappa shape index (κ1) is 14.2. The van der Waals surface area contributed by atoms with Crippen LogP contribution in [-0.2, 0) is 15.8 Å². The maximum absolute atomic E-state index is 13.3. The molecule has 0 bridgehead atoms. The van der Waals surface area contributed by atoms with Crippen molar-refractivity contribution in [1.82, 2.24) is 4.83 Å². The lowest BCUT2D eigenvalue weighted by Gasteiger charge is -2.03. The molecule has 2 rings (SSSR count). The van der Waals surface area contributed by atoms with E-state index in [0.717, 1.165) is 6.21 Å². The van der Waals surface area contributed by atoms with Gasteiger partial charge in [-0.3, -0.25) is 0 Å². The maximum Gasteiger partial charge on any atom is 0.251 e. The van der Waals surface area contributed by atoms with Crippen LogP contribution in [-0.4, -0.2) is 14.6 Å². The van der Waals surface area contributed by atoms with Crippen molar-refractivity contribution >= 4 is 16.2 Å². The highest BCUT2D eigenvalue weighted by Crippen LogP contribution is 2.05. The van der Waals surface area contributed by atoms with Crippen molar-refractivity contribution in [1.29, 1.82) is 0 Å². The number of hydrogen-bond donors (Lipinski definition) is 1. The third kappa shape index (κ3) is 4.17. The van der Waals surface area contributed by atoms with E-state index in [2.05, 4.69) is 9.93 Å². The van der Waals surface area contributed by atoms with Crippen LogP contribution in [0.3, 0.4) is 0 Å². The Morgan fingerprint density at radius 3 is 2.40 bits per heavy atom. The largest absolute Gasteiger partial charge is 0.251 e. The number of benzene rings is 2. The van der Waals surface area contributed by atoms with Crippen molar-refractivity contribution in [3.63, 3.8) is 0 Å². The minimum Gasteiger partial charge on any atom is -0.206 e. The van der Waals surface area contributed by atoms with Crippen molar-refractivity contribution in [3.8, 4) is 0 Å². The van der Waals surface area contributed by atoms with Gasteiger partial charge in [0.25, 0.3) is 10.0 Å². The second-order valence-corrected chi connectivity index (χ2v) is 5.82. The first-order valence-electron chi connectivity index (χ1n) is 5.88. The van der Waals surface area contributed by atoms with Gasteiger partial charge in [0.15, 0.2) is 0 Å². The Bertz CT molecular complexity index is 700. The van der Waals surface area contributed by atoms with Crippen LogP contribution in [0.2, 0.25) is 0 Å². The average Bonchev–Trinajstić information content (AvgIpc) is 2.41. The molecule has 2 aromatic carbocycles. The van der Waals surface area contributed by atoms with Gasteiger partial charge in [-0.15, -0.1) is 0 Å². The molecule has 0 saturated carbocycles. The first-order valence-corrected chi connectivity index (χ1v) is 7.53. The van der Waals surface area contributed by atoms with E-state index in [1.807, 2.05) is 0 Å². The molecule has 0 heterocycles. The molecule has 0 fully saturated rings. The average molecular weight is 292 g/mol. The standard InChI is InChI=1S/C14H13FN2O2S/c15-14-9-5-4-8-13(14)10-16-17-20(18,19)11-12-6-2-1-3-7-12/h1-10,17H,11H2/b16-10+. The Morgan fingerprint density at radius 2 is 1.70 bits per heavy atom. The van der Waals surface area contributed by atoms with Gasteiger partial charge in [-0.25, -0.2) is 17.6 Å². The molecular formula is C14H13FN2O2S. The molecule has 6 heteroatoms. The van der Waals surface area contributed by atoms with Crippen LogP contribution in [0.15, 0.2) is 59.7 Å². The smallest absolute Gasteiger partial charge is 0.206 e. The van der Waals surface area contributed by atoms with Gasteiger partial charge in [0, 0.05) is 5.56 Å². The summed E-state index contributed by atoms with van der Waals surface area (Å²) in [7, 11) is -3.59. The van der Waals surface area contributed by atoms with Gasteiger partial charge < -0.3 is 0 Å². The third-order valence-electron chi connectivity index (χ3n) is 2.50. The summed E-state index contributed by atoms with van der Waals surface area (Å²) >= 11 is 0. The molecular weight excluding hydrogens is 279 g/mol. The molecule has 0 atom stereocenters. The molecule has 0 unspecified atom stereocenters. The first-order chi connectivity index (χ1) is 9.57. The topological polar surface area (TPSA) is 58.5 Å². The van der Waals surface area contributed by atoms with E-state index in [4.69, 9.17) is 0 Å². The Balaban J connectivity index is 2.01. The third-order valence-corrected chi connectivity index (χ3v) is 3.60. The van der Waals surface area contributed by atoms with Gasteiger partial charge in [0.05, 0.1) is 12.0 Å². The van der Waals surface area contributed by atoms with E-state index in [1.54, 1.807) is 42.5 Å². The number of nitrogens with one attached hydrogen (secondary N) is 1. The normalized spacial score (nSPS) is 11.7. The lowest BCUT2D eigenvalue weighted by molar-refractivity contribution is 0.583. The van der Waals surface area contributed by atoms with Gasteiger partial charge in [0.1, 0.15) is 5.82 Å². The van der Waals surface area contributed by atoms with Gasteiger partial charge >= 0.3 is 0 Å². The highest BCUT2D eigenvalue weighted by molar-refractivity contribution is 7.88. The van der Waals surface area contributed by atoms with Crippen LogP contribution in [0, 0.1) is 5.82 Å². The molecule has 1 N–H and O–H groups in total. The molecule has 0 radical (unpaired) electrons. The zero-order valence-electron chi connectivity index (χ0n) is 10.5. The van der Waals surface area contributed by atoms with Crippen LogP contribution in [0.1, 0.15) is 11.1 Å². The Morgan fingerprint density at radius 1 is 1.05 bits per heavy atom. The van der Waals surface area contributed by atoms with E-state index in [0.29, 0.717) is 5.56 Å². The summed E-state index contributed by atoms with van der Waals surface area (Å²) in [5, 5.41) is 3.57. The van der Waals surface area contributed by atoms with Crippen molar-refractivity contribution in [2.24, 2.45) is 5.10 Å². The van der Waals surface area contributed by atoms with Gasteiger partial charge in [0.2, 0.25) is 0 Å². The minimum absolute atomic E-state index is 0.178. The van der Waals surface area contributed by atoms with Crippen LogP contribution in [0.5, 0.6) is 0 Å². The number of hydrazone groups is 1. The summed E-state index contributed by atoms with van der Waals surface area (Å²) in [6.07, 6.45) is 1.14. The highest BCUT2D eigenvalue weighted by atomic mass is 32.2. The number of rotatable bonds is 5. The van der Waals surface area contributed by atoms with Gasteiger partial charge in [-0.2, -0.15) is 5.10 Å². The molecule has 4 nitrogen and oxygen atoms in total. The van der Waals surface area contributed by atoms with Crippen LogP contribution < -0.4 is 4.83 Å². The molecule has 0 amide bonds. The SMILES string of the molecule is O=S(=O)(Cc1ccccc1)N/N=C/c1ccccc1F. The Labute approximate surface area is 117 Å². The second kappa shape index (κ2) is 6.29. The van der Waals surface area contributed by atoms with E-state index in [1.165, 1.54) is 12.1 Å². The molecule has 2 aromatic rings. The fraction of sp³-hybridized carbons (Fsp3) is 0.0714. The summed E-state index contributed by atoms with van der Waals surface area (Å²) < 4.78 is 36.8. The monoisotopic (exact) mass is 292 g/mol. The lowest BCUT2D eigenvalue weighted by Crippen LogP contribution is -2.20. The zero-order valence-corrected chi connectivity index (χ0v) is 11.3. The van der Waals surface area contributed by atoms with Gasteiger partial charge in [-0.05, 0) is 11.6 Å². The van der Waals surface area contributed by atoms with Crippen molar-refractivity contribution in [2.45, 2.75) is 5.75 Å². The Hall–Kier alpha value is -2.21. The summed E-state index contributed by atoms with van der Waals surface area (Å²) in [4.78, 5) is 2.06. The van der Waals surface area contributed by atoms with E-state index in [9.17, 15) is 12.8 Å². The molecule has 104 valence electrons. The molecule has 0 aliphatic heterocycles. The van der Waals surface area contributed by atoms with Crippen molar-refractivity contribution < 1.29 is 12.8 Å². The predicted molar refractivity (Wildman–Crippen MR) is 76.2 cm³/mol. The highest BCUT2D eigenvalue weighted by Gasteiger charge is 2.09. The van der Waals surface area contributed by atoms with Crippen LogP contribution >= 0.6 is 0 Å². The van der Waals surface area contributed by atoms with E-state index in [-0.39, 0.29) is 11.3 Å². The fourth-order valence-electron chi connectivity index (χ4n) is 1.58. The number of nitrogens with zero attached hydrogens (tertiary/aromatic N) is 1. The molecule has 20 heavy (non-hydrogen) atoms. The number of halogens is 1. The lowest BCUT2D eigenvalue weighted by atomic mass is 10.2. The molecule has 0 spiro atoms. The molecule has 0 aromatic heterocycles. The quantitative estimate of drug-likeness (QED) is 0.679. The second-order valence-electron chi connectivity index (χ2n) is 4.12. The Kier molecular flexibility index (Phi) is 4.47. The summed E-state index contributed by atoms with van der Waals surface area (Å²) in [5.74, 6) is -0.638. The van der Waals surface area contributed by atoms with Crippen LogP contribution in [0.25, 0.3) is 0 Å². The number of sulfonamides is 1. The maximum atomic E-state index is 13.3. The molecule has 0 aliphatic rings. The molecule has 0 aliphatic carbocycles. The number of hydrogen-bond acceptors (Lipinski definition) is 3. The predicted octanol–water partition coefficient (Wildman–Crippen LogP) is 2.28. The van der Waals surface area contributed by atoms with Crippen LogP contribution in [0.4, 0.5) is 4.39 Å². The summed E-state index contributed by atoms with van der Waals surface area (Å²) in [6, 6.07) is 14.7. The van der Waals surface area contributed by atoms with E-state index >= 15 is 0 Å². The molecule has 0 saturated heterocycles. The summed E-state index contributed by atoms with van der Waals surface area (Å²) in [6.45, 7) is 0. The fourth-order valence-corrected chi connectivity index (χ4v) is 2.49. The minimum atomic E-state index is -3.59.